The van der Waals surface area contributed by atoms with E-state index < -0.39 is 11.8 Å². The van der Waals surface area contributed by atoms with Gasteiger partial charge in [0, 0.05) is 7.11 Å². The van der Waals surface area contributed by atoms with Gasteiger partial charge < -0.3 is 9.84 Å². The van der Waals surface area contributed by atoms with Crippen LogP contribution >= 0.6 is 0 Å². The first-order valence-corrected chi connectivity index (χ1v) is 2.28. The Labute approximate surface area is 52.4 Å². The van der Waals surface area contributed by atoms with Gasteiger partial charge in [-0.3, -0.25) is 4.79 Å². The van der Waals surface area contributed by atoms with Crippen LogP contribution in [0.2, 0.25) is 0 Å². The van der Waals surface area contributed by atoms with E-state index in [9.17, 15) is 9.59 Å². The predicted octanol–water partition coefficient (Wildman–Crippen LogP) is -0.509. The summed E-state index contributed by atoms with van der Waals surface area (Å²) in [5.41, 5.74) is 0. The number of hydrogen-bond donors (Lipinski definition) is 1. The van der Waals surface area contributed by atoms with Crippen molar-refractivity contribution in [2.75, 3.05) is 13.7 Å². The van der Waals surface area contributed by atoms with Crippen LogP contribution in [0.1, 0.15) is 0 Å². The highest BCUT2D eigenvalue weighted by molar-refractivity contribution is 6.36. The average molecular weight is 131 g/mol. The smallest absolute Gasteiger partial charge is 0.372 e. The van der Waals surface area contributed by atoms with Gasteiger partial charge in [0.2, 0.25) is 5.78 Å². The van der Waals surface area contributed by atoms with E-state index in [1.807, 2.05) is 0 Å². The third kappa shape index (κ3) is 3.66. The first-order valence-electron chi connectivity index (χ1n) is 2.28. The second kappa shape index (κ2) is 4.03. The molecule has 4 heteroatoms. The van der Waals surface area contributed by atoms with E-state index >= 15 is 0 Å². The van der Waals surface area contributed by atoms with Gasteiger partial charge in [-0.2, -0.15) is 0 Å². The summed E-state index contributed by atoms with van der Waals surface area (Å²) in [6.07, 6.45) is 0.961. The largest absolute Gasteiger partial charge is 0.475 e. The monoisotopic (exact) mass is 131 g/mol. The molecule has 0 spiro atoms. The van der Waals surface area contributed by atoms with Crippen LogP contribution in [0.25, 0.3) is 0 Å². The maximum atomic E-state index is 10.2. The molecule has 0 bridgehead atoms. The zero-order chi connectivity index (χ0) is 7.28. The van der Waals surface area contributed by atoms with E-state index in [0.29, 0.717) is 0 Å². The third-order valence-corrected chi connectivity index (χ3v) is 0.646. The van der Waals surface area contributed by atoms with Crippen molar-refractivity contribution in [3.8, 4) is 0 Å². The van der Waals surface area contributed by atoms with Gasteiger partial charge in [0.25, 0.3) is 0 Å². The molecule has 0 saturated heterocycles. The first-order chi connectivity index (χ1) is 4.18. The van der Waals surface area contributed by atoms with Crippen LogP contribution in [-0.2, 0) is 14.3 Å². The quantitative estimate of drug-likeness (QED) is 0.522. The average Bonchev–Trinajstić information content (AvgIpc) is 1.82. The standard InChI is InChI=1S/C5H7O4/c1-9-3-2-4(6)5(7)8/h2H,3H2,1H3,(H,7,8). The predicted molar refractivity (Wildman–Crippen MR) is 28.8 cm³/mol. The van der Waals surface area contributed by atoms with Crippen LogP contribution in [0, 0.1) is 6.42 Å². The normalized spacial score (nSPS) is 9.00. The summed E-state index contributed by atoms with van der Waals surface area (Å²) in [7, 11) is 1.38. The lowest BCUT2D eigenvalue weighted by Crippen LogP contribution is -2.14. The Hall–Kier alpha value is -0.900. The zero-order valence-electron chi connectivity index (χ0n) is 4.96. The molecule has 4 nitrogen and oxygen atoms in total. The molecule has 0 aromatic carbocycles. The summed E-state index contributed by atoms with van der Waals surface area (Å²) in [4.78, 5) is 19.9. The molecule has 0 aromatic rings. The molecule has 0 unspecified atom stereocenters. The number of ether oxygens (including phenoxy) is 1. The molecule has 9 heavy (non-hydrogen) atoms. The summed E-state index contributed by atoms with van der Waals surface area (Å²) in [6.45, 7) is 0.0468. The van der Waals surface area contributed by atoms with Gasteiger partial charge in [-0.05, 0) is 0 Å². The number of carboxylic acids is 1. The number of rotatable bonds is 4. The second-order valence-corrected chi connectivity index (χ2v) is 1.33. The molecule has 1 N–H and O–H groups in total. The maximum absolute atomic E-state index is 10.2. The van der Waals surface area contributed by atoms with Crippen LogP contribution in [0.4, 0.5) is 0 Å². The van der Waals surface area contributed by atoms with Crippen LogP contribution in [0.5, 0.6) is 0 Å². The fourth-order valence-electron chi connectivity index (χ4n) is 0.246. The van der Waals surface area contributed by atoms with Gasteiger partial charge in [-0.1, -0.05) is 0 Å². The van der Waals surface area contributed by atoms with Crippen molar-refractivity contribution in [2.24, 2.45) is 0 Å². The summed E-state index contributed by atoms with van der Waals surface area (Å²) >= 11 is 0. The molecule has 0 fully saturated rings. The third-order valence-electron chi connectivity index (χ3n) is 0.646. The Morgan fingerprint density at radius 1 is 1.67 bits per heavy atom. The number of methoxy groups -OCH3 is 1. The van der Waals surface area contributed by atoms with Crippen molar-refractivity contribution in [2.45, 2.75) is 0 Å². The van der Waals surface area contributed by atoms with Crippen molar-refractivity contribution < 1.29 is 19.4 Å². The minimum atomic E-state index is -1.45. The minimum Gasteiger partial charge on any atom is -0.475 e. The topological polar surface area (TPSA) is 63.6 Å². The lowest BCUT2D eigenvalue weighted by molar-refractivity contribution is -0.147. The van der Waals surface area contributed by atoms with Crippen molar-refractivity contribution in [1.29, 1.82) is 0 Å². The van der Waals surface area contributed by atoms with Crippen molar-refractivity contribution >= 4 is 11.8 Å². The van der Waals surface area contributed by atoms with Crippen molar-refractivity contribution in [3.05, 3.63) is 6.42 Å². The molecule has 0 aliphatic carbocycles. The van der Waals surface area contributed by atoms with E-state index in [4.69, 9.17) is 5.11 Å². The summed E-state index contributed by atoms with van der Waals surface area (Å²) in [5.74, 6) is -2.39. The van der Waals surface area contributed by atoms with E-state index in [2.05, 4.69) is 4.74 Å². The number of Topliss-reactive ketones (excluding diaryl/α,β-unsaturated/α-hetero) is 1. The van der Waals surface area contributed by atoms with Gasteiger partial charge in [-0.25, -0.2) is 4.79 Å². The van der Waals surface area contributed by atoms with Crippen LogP contribution in [0.15, 0.2) is 0 Å². The number of carboxylic acid groups (broad SMARTS) is 1. The van der Waals surface area contributed by atoms with Gasteiger partial charge in [-0.15, -0.1) is 0 Å². The Morgan fingerprint density at radius 2 is 2.22 bits per heavy atom. The van der Waals surface area contributed by atoms with E-state index in [0.717, 1.165) is 6.42 Å². The molecule has 0 amide bonds. The Bertz CT molecular complexity index is 118. The summed E-state index contributed by atoms with van der Waals surface area (Å²) in [5, 5.41) is 7.97. The minimum absolute atomic E-state index is 0.0468. The highest BCUT2D eigenvalue weighted by atomic mass is 16.5. The number of carbonyl (C=O) groups excluding carboxylic acids is 1. The zero-order valence-corrected chi connectivity index (χ0v) is 4.96. The molecular formula is C5H7O4. The summed E-state index contributed by atoms with van der Waals surface area (Å²) in [6, 6.07) is 0. The molecule has 0 saturated carbocycles. The SMILES string of the molecule is COC[CH]C(=O)C(=O)O. The molecule has 0 heterocycles. The molecule has 51 valence electrons. The molecule has 1 radical (unpaired) electrons. The number of carbonyl (C=O) groups is 2. The molecule has 0 atom stereocenters. The Balaban J connectivity index is 3.39. The first kappa shape index (κ1) is 8.10. The van der Waals surface area contributed by atoms with E-state index in [-0.39, 0.29) is 6.61 Å². The van der Waals surface area contributed by atoms with Crippen LogP contribution < -0.4 is 0 Å². The lowest BCUT2D eigenvalue weighted by atomic mass is 10.3. The van der Waals surface area contributed by atoms with Crippen LogP contribution in [-0.4, -0.2) is 30.6 Å². The molecule has 0 aromatic heterocycles. The Morgan fingerprint density at radius 3 is 2.56 bits per heavy atom. The van der Waals surface area contributed by atoms with E-state index in [1.165, 1.54) is 7.11 Å². The number of aliphatic carboxylic acids is 1. The lowest BCUT2D eigenvalue weighted by Gasteiger charge is -1.91. The molecular weight excluding hydrogens is 124 g/mol. The fraction of sp³-hybridized carbons (Fsp3) is 0.400. The van der Waals surface area contributed by atoms with Crippen molar-refractivity contribution in [3.63, 3.8) is 0 Å². The highest BCUT2D eigenvalue weighted by Gasteiger charge is 2.09. The van der Waals surface area contributed by atoms with Gasteiger partial charge in [0.15, 0.2) is 0 Å². The number of hydrogen-bond acceptors (Lipinski definition) is 3. The van der Waals surface area contributed by atoms with E-state index in [1.54, 1.807) is 0 Å². The highest BCUT2D eigenvalue weighted by Crippen LogP contribution is 1.80. The molecule has 0 aliphatic rings. The Kier molecular flexibility index (Phi) is 3.62. The molecule has 0 aliphatic heterocycles. The fourth-order valence-corrected chi connectivity index (χ4v) is 0.246. The van der Waals surface area contributed by atoms with Gasteiger partial charge >= 0.3 is 5.97 Å². The van der Waals surface area contributed by atoms with Crippen molar-refractivity contribution in [1.82, 2.24) is 0 Å². The number of ketones is 1. The maximum Gasteiger partial charge on any atom is 0.372 e. The second-order valence-electron chi connectivity index (χ2n) is 1.33. The van der Waals surface area contributed by atoms with Gasteiger partial charge in [0.1, 0.15) is 0 Å². The van der Waals surface area contributed by atoms with Gasteiger partial charge in [0.05, 0.1) is 13.0 Å². The molecule has 0 rings (SSSR count). The van der Waals surface area contributed by atoms with Crippen LogP contribution in [0.3, 0.4) is 0 Å². The summed E-state index contributed by atoms with van der Waals surface area (Å²) < 4.78 is 4.42.